The summed E-state index contributed by atoms with van der Waals surface area (Å²) >= 11 is 1.84. The monoisotopic (exact) mass is 230 g/mol. The summed E-state index contributed by atoms with van der Waals surface area (Å²) in [6.45, 7) is 4.17. The third kappa shape index (κ3) is 3.68. The SMILES string of the molecule is CCSCC(C)NC(=O)C1(N)CCCC1. The standard InChI is InChI=1S/C11H22N2OS/c1-3-15-8-9(2)13-10(14)11(12)6-4-5-7-11/h9H,3-8,12H2,1-2H3,(H,13,14). The third-order valence-corrected chi connectivity index (χ3v) is 4.04. The molecule has 1 aliphatic carbocycles. The smallest absolute Gasteiger partial charge is 0.240 e. The number of nitrogens with two attached hydrogens (primary N) is 1. The molecule has 0 aliphatic heterocycles. The molecule has 1 aliphatic rings. The van der Waals surface area contributed by atoms with Crippen molar-refractivity contribution in [2.24, 2.45) is 5.73 Å². The van der Waals surface area contributed by atoms with E-state index in [0.29, 0.717) is 0 Å². The van der Waals surface area contributed by atoms with E-state index in [4.69, 9.17) is 5.73 Å². The highest BCUT2D eigenvalue weighted by atomic mass is 32.2. The molecule has 3 N–H and O–H groups in total. The molecule has 1 saturated carbocycles. The average Bonchev–Trinajstić information content (AvgIpc) is 2.63. The van der Waals surface area contributed by atoms with E-state index in [1.165, 1.54) is 0 Å². The fourth-order valence-corrected chi connectivity index (χ4v) is 2.61. The van der Waals surface area contributed by atoms with Crippen molar-refractivity contribution in [2.45, 2.75) is 51.1 Å². The van der Waals surface area contributed by atoms with E-state index in [1.54, 1.807) is 0 Å². The predicted octanol–water partition coefficient (Wildman–Crippen LogP) is 1.52. The molecule has 4 heteroatoms. The largest absolute Gasteiger partial charge is 0.351 e. The lowest BCUT2D eigenvalue weighted by Gasteiger charge is -2.24. The molecule has 1 amide bonds. The average molecular weight is 230 g/mol. The maximum absolute atomic E-state index is 11.9. The maximum atomic E-state index is 11.9. The summed E-state index contributed by atoms with van der Waals surface area (Å²) in [5.41, 5.74) is 5.48. The van der Waals surface area contributed by atoms with Crippen LogP contribution in [0.3, 0.4) is 0 Å². The van der Waals surface area contributed by atoms with Gasteiger partial charge in [-0.25, -0.2) is 0 Å². The minimum Gasteiger partial charge on any atom is -0.351 e. The van der Waals surface area contributed by atoms with Crippen LogP contribution in [0.15, 0.2) is 0 Å². The van der Waals surface area contributed by atoms with E-state index in [1.807, 2.05) is 18.7 Å². The molecular formula is C11H22N2OS. The summed E-state index contributed by atoms with van der Waals surface area (Å²) < 4.78 is 0. The van der Waals surface area contributed by atoms with Crippen molar-refractivity contribution in [3.8, 4) is 0 Å². The lowest BCUT2D eigenvalue weighted by molar-refractivity contribution is -0.126. The van der Waals surface area contributed by atoms with Crippen LogP contribution in [-0.2, 0) is 4.79 Å². The summed E-state index contributed by atoms with van der Waals surface area (Å²) in [6, 6.07) is 0.225. The Labute approximate surface area is 96.6 Å². The van der Waals surface area contributed by atoms with Gasteiger partial charge in [-0.2, -0.15) is 11.8 Å². The molecule has 1 fully saturated rings. The van der Waals surface area contributed by atoms with Gasteiger partial charge in [-0.15, -0.1) is 0 Å². The second-order valence-electron chi connectivity index (χ2n) is 4.40. The van der Waals surface area contributed by atoms with Gasteiger partial charge in [-0.3, -0.25) is 4.79 Å². The second kappa shape index (κ2) is 5.75. The molecule has 0 radical (unpaired) electrons. The van der Waals surface area contributed by atoms with Gasteiger partial charge >= 0.3 is 0 Å². The van der Waals surface area contributed by atoms with Crippen molar-refractivity contribution < 1.29 is 4.79 Å². The van der Waals surface area contributed by atoms with Crippen LogP contribution in [0, 0.1) is 0 Å². The van der Waals surface area contributed by atoms with E-state index in [9.17, 15) is 4.79 Å². The molecule has 3 nitrogen and oxygen atoms in total. The Kier molecular flexibility index (Phi) is 4.93. The highest BCUT2D eigenvalue weighted by Crippen LogP contribution is 2.27. The quantitative estimate of drug-likeness (QED) is 0.753. The second-order valence-corrected chi connectivity index (χ2v) is 5.72. The lowest BCUT2D eigenvalue weighted by atomic mass is 9.98. The Morgan fingerprint density at radius 1 is 1.53 bits per heavy atom. The van der Waals surface area contributed by atoms with Gasteiger partial charge in [0, 0.05) is 11.8 Å². The van der Waals surface area contributed by atoms with Gasteiger partial charge in [0.1, 0.15) is 0 Å². The van der Waals surface area contributed by atoms with Crippen LogP contribution in [0.25, 0.3) is 0 Å². The number of nitrogens with one attached hydrogen (secondary N) is 1. The molecule has 0 spiro atoms. The molecule has 0 aromatic carbocycles. The summed E-state index contributed by atoms with van der Waals surface area (Å²) in [4.78, 5) is 11.9. The van der Waals surface area contributed by atoms with Gasteiger partial charge < -0.3 is 11.1 Å². The summed E-state index contributed by atoms with van der Waals surface area (Å²) in [5.74, 6) is 2.11. The minimum atomic E-state index is -0.578. The third-order valence-electron chi connectivity index (χ3n) is 2.90. The fourth-order valence-electron chi connectivity index (χ4n) is 1.94. The number of carbonyl (C=O) groups excluding carboxylic acids is 1. The van der Waals surface area contributed by atoms with Crippen molar-refractivity contribution in [3.63, 3.8) is 0 Å². The normalized spacial score (nSPS) is 21.3. The molecular weight excluding hydrogens is 208 g/mol. The molecule has 1 unspecified atom stereocenters. The summed E-state index contributed by atoms with van der Waals surface area (Å²) in [6.07, 6.45) is 3.85. The van der Waals surface area contributed by atoms with Crippen LogP contribution >= 0.6 is 11.8 Å². The number of amides is 1. The molecule has 1 rings (SSSR count). The summed E-state index contributed by atoms with van der Waals surface area (Å²) in [7, 11) is 0. The van der Waals surface area contributed by atoms with Crippen LogP contribution in [0.2, 0.25) is 0 Å². The van der Waals surface area contributed by atoms with Crippen molar-refractivity contribution >= 4 is 17.7 Å². The van der Waals surface area contributed by atoms with Crippen LogP contribution in [0.5, 0.6) is 0 Å². The number of carbonyl (C=O) groups is 1. The van der Waals surface area contributed by atoms with Crippen LogP contribution in [-0.4, -0.2) is 29.0 Å². The summed E-state index contributed by atoms with van der Waals surface area (Å²) in [5, 5.41) is 3.01. The Hall–Kier alpha value is -0.220. The maximum Gasteiger partial charge on any atom is 0.240 e. The van der Waals surface area contributed by atoms with Gasteiger partial charge in [0.25, 0.3) is 0 Å². The number of rotatable bonds is 5. The van der Waals surface area contributed by atoms with Crippen molar-refractivity contribution in [1.82, 2.24) is 5.32 Å². The van der Waals surface area contributed by atoms with Crippen LogP contribution in [0.1, 0.15) is 39.5 Å². The Bertz CT molecular complexity index is 215. The zero-order valence-corrected chi connectivity index (χ0v) is 10.5. The van der Waals surface area contributed by atoms with Gasteiger partial charge in [0.2, 0.25) is 5.91 Å². The zero-order chi connectivity index (χ0) is 11.3. The van der Waals surface area contributed by atoms with Crippen molar-refractivity contribution in [3.05, 3.63) is 0 Å². The number of thioether (sulfide) groups is 1. The number of hydrogen-bond acceptors (Lipinski definition) is 3. The van der Waals surface area contributed by atoms with Gasteiger partial charge in [0.05, 0.1) is 5.54 Å². The van der Waals surface area contributed by atoms with Gasteiger partial charge in [-0.05, 0) is 25.5 Å². The van der Waals surface area contributed by atoms with E-state index >= 15 is 0 Å². The highest BCUT2D eigenvalue weighted by molar-refractivity contribution is 7.99. The van der Waals surface area contributed by atoms with Gasteiger partial charge in [0.15, 0.2) is 0 Å². The Morgan fingerprint density at radius 3 is 2.67 bits per heavy atom. The molecule has 88 valence electrons. The van der Waals surface area contributed by atoms with E-state index in [2.05, 4.69) is 12.2 Å². The Balaban J connectivity index is 2.34. The first-order valence-electron chi connectivity index (χ1n) is 5.76. The van der Waals surface area contributed by atoms with E-state index in [0.717, 1.165) is 37.2 Å². The molecule has 0 aromatic rings. The highest BCUT2D eigenvalue weighted by Gasteiger charge is 2.37. The molecule has 0 heterocycles. The zero-order valence-electron chi connectivity index (χ0n) is 9.71. The predicted molar refractivity (Wildman–Crippen MR) is 66.0 cm³/mol. The first-order valence-corrected chi connectivity index (χ1v) is 6.91. The van der Waals surface area contributed by atoms with Crippen molar-refractivity contribution in [1.29, 1.82) is 0 Å². The first-order chi connectivity index (χ1) is 7.08. The first kappa shape index (κ1) is 12.8. The Morgan fingerprint density at radius 2 is 2.13 bits per heavy atom. The van der Waals surface area contributed by atoms with Crippen LogP contribution < -0.4 is 11.1 Å². The molecule has 0 saturated heterocycles. The molecule has 0 bridgehead atoms. The number of hydrogen-bond donors (Lipinski definition) is 2. The minimum absolute atomic E-state index is 0.0456. The van der Waals surface area contributed by atoms with E-state index in [-0.39, 0.29) is 11.9 Å². The van der Waals surface area contributed by atoms with Crippen molar-refractivity contribution in [2.75, 3.05) is 11.5 Å². The molecule has 15 heavy (non-hydrogen) atoms. The lowest BCUT2D eigenvalue weighted by Crippen LogP contribution is -2.54. The fraction of sp³-hybridized carbons (Fsp3) is 0.909. The van der Waals surface area contributed by atoms with Crippen LogP contribution in [0.4, 0.5) is 0 Å². The molecule has 1 atom stereocenters. The van der Waals surface area contributed by atoms with Gasteiger partial charge in [-0.1, -0.05) is 19.8 Å². The topological polar surface area (TPSA) is 55.1 Å². The molecule has 0 aromatic heterocycles. The van der Waals surface area contributed by atoms with E-state index < -0.39 is 5.54 Å².